The third kappa shape index (κ3) is 4.43. The third-order valence-electron chi connectivity index (χ3n) is 7.78. The summed E-state index contributed by atoms with van der Waals surface area (Å²) in [6.07, 6.45) is 5.81. The number of halogens is 2. The summed E-state index contributed by atoms with van der Waals surface area (Å²) in [6, 6.07) is 3.49. The van der Waals surface area contributed by atoms with Crippen LogP contribution in [0.15, 0.2) is 59.4 Å². The van der Waals surface area contributed by atoms with Crippen LogP contribution in [0.4, 0.5) is 8.78 Å². The highest BCUT2D eigenvalue weighted by molar-refractivity contribution is 5.84. The van der Waals surface area contributed by atoms with Gasteiger partial charge < -0.3 is 10.0 Å². The van der Waals surface area contributed by atoms with Gasteiger partial charge in [0.25, 0.3) is 0 Å². The molecule has 0 bridgehead atoms. The first-order chi connectivity index (χ1) is 15.6. The van der Waals surface area contributed by atoms with E-state index in [0.717, 1.165) is 12.8 Å². The van der Waals surface area contributed by atoms with Crippen molar-refractivity contribution < 1.29 is 18.7 Å². The molecule has 33 heavy (non-hydrogen) atoms. The maximum atomic E-state index is 14.5. The number of aliphatic hydroxyl groups excluding tert-OH is 1. The molecule has 1 saturated heterocycles. The molecule has 1 saturated carbocycles. The van der Waals surface area contributed by atoms with Crippen molar-refractivity contribution in [3.8, 4) is 0 Å². The average molecular weight is 458 g/mol. The second kappa shape index (κ2) is 9.67. The highest BCUT2D eigenvalue weighted by Crippen LogP contribution is 2.59. The van der Waals surface area contributed by atoms with Crippen LogP contribution in [-0.2, 0) is 4.79 Å². The van der Waals surface area contributed by atoms with Crippen LogP contribution in [0.1, 0.15) is 52.0 Å². The van der Waals surface area contributed by atoms with Gasteiger partial charge in [0, 0.05) is 12.7 Å². The Labute approximate surface area is 194 Å². The van der Waals surface area contributed by atoms with Crippen molar-refractivity contribution >= 4 is 11.6 Å². The van der Waals surface area contributed by atoms with Gasteiger partial charge in [0.2, 0.25) is 5.91 Å². The van der Waals surface area contributed by atoms with E-state index >= 15 is 0 Å². The zero-order valence-corrected chi connectivity index (χ0v) is 19.7. The highest BCUT2D eigenvalue weighted by atomic mass is 19.1. The lowest BCUT2D eigenvalue weighted by molar-refractivity contribution is -0.148. The lowest BCUT2D eigenvalue weighted by Gasteiger charge is -2.44. The number of azo groups is 1. The van der Waals surface area contributed by atoms with E-state index in [2.05, 4.69) is 23.4 Å². The number of carbonyl (C=O) groups excluding carboxylic acids is 1. The number of benzene rings is 1. The molecule has 1 aliphatic heterocycles. The largest absolute Gasteiger partial charge is 0.394 e. The molecule has 1 aromatic rings. The summed E-state index contributed by atoms with van der Waals surface area (Å²) in [5.41, 5.74) is -0.752. The Morgan fingerprint density at radius 3 is 2.55 bits per heavy atom. The van der Waals surface area contributed by atoms with Crippen LogP contribution in [-0.4, -0.2) is 35.1 Å². The number of rotatable bonds is 7. The fourth-order valence-electron chi connectivity index (χ4n) is 5.41. The molecule has 7 heteroatoms. The van der Waals surface area contributed by atoms with Crippen LogP contribution in [0, 0.1) is 28.4 Å². The van der Waals surface area contributed by atoms with Crippen molar-refractivity contribution in [2.75, 3.05) is 13.2 Å². The van der Waals surface area contributed by atoms with Gasteiger partial charge in [0.1, 0.15) is 11.6 Å². The molecule has 0 aromatic heterocycles. The average Bonchev–Trinajstić information content (AvgIpc) is 3.33. The topological polar surface area (TPSA) is 65.3 Å². The summed E-state index contributed by atoms with van der Waals surface area (Å²) in [4.78, 5) is 15.4. The molecule has 3 rings (SSSR count). The number of amides is 1. The van der Waals surface area contributed by atoms with Gasteiger partial charge in [0.15, 0.2) is 0 Å². The fourth-order valence-corrected chi connectivity index (χ4v) is 5.41. The van der Waals surface area contributed by atoms with Gasteiger partial charge in [-0.3, -0.25) is 4.79 Å². The Bertz CT molecular complexity index is 981. The summed E-state index contributed by atoms with van der Waals surface area (Å²) < 4.78 is 28.9. The van der Waals surface area contributed by atoms with Crippen molar-refractivity contribution in [2.24, 2.45) is 27.0 Å². The number of aliphatic hydroxyl groups is 1. The summed E-state index contributed by atoms with van der Waals surface area (Å²) in [6.45, 7) is 14.4. The number of nitrogens with zero attached hydrogens (tertiary/aromatic N) is 3. The molecule has 2 fully saturated rings. The molecule has 1 N–H and O–H groups in total. The minimum absolute atomic E-state index is 0.0196. The number of carbonyl (C=O) groups is 1. The predicted octanol–water partition coefficient (Wildman–Crippen LogP) is 5.88. The van der Waals surface area contributed by atoms with Gasteiger partial charge in [-0.25, -0.2) is 8.78 Å². The number of allylic oxidation sites excluding steroid dienone is 2. The zero-order chi connectivity index (χ0) is 24.4. The first-order valence-corrected chi connectivity index (χ1v) is 11.4. The zero-order valence-electron chi connectivity index (χ0n) is 19.7. The van der Waals surface area contributed by atoms with E-state index in [1.165, 1.54) is 24.4 Å². The Balaban J connectivity index is 1.94. The standard InChI is InChI=1S/C26H33F2N3O2/c1-6-29-30-22(23-20(27)10-7-11-21(23)28)15-17(2)19-12-13-26(5,25(19,3)4)24(33)31-14-8-9-18(31)16-32/h6-7,10-11,15,18-19,32H,1-2,8-9,12-14,16H2,3-5H3/b22-15-,30-29?/t18-,19?,26+/m0/s1. The van der Waals surface area contributed by atoms with Gasteiger partial charge in [-0.2, -0.15) is 10.2 Å². The Morgan fingerprint density at radius 2 is 1.94 bits per heavy atom. The van der Waals surface area contributed by atoms with Crippen LogP contribution >= 0.6 is 0 Å². The first kappa shape index (κ1) is 25.0. The molecule has 2 aliphatic rings. The van der Waals surface area contributed by atoms with E-state index in [1.54, 1.807) is 6.08 Å². The molecule has 0 radical (unpaired) electrons. The van der Waals surface area contributed by atoms with Crippen LogP contribution in [0.25, 0.3) is 5.70 Å². The quantitative estimate of drug-likeness (QED) is 0.410. The minimum Gasteiger partial charge on any atom is -0.394 e. The first-order valence-electron chi connectivity index (χ1n) is 11.4. The molecular formula is C26H33F2N3O2. The summed E-state index contributed by atoms with van der Waals surface area (Å²) in [7, 11) is 0. The van der Waals surface area contributed by atoms with Gasteiger partial charge in [-0.05, 0) is 60.8 Å². The van der Waals surface area contributed by atoms with Crippen molar-refractivity contribution in [3.05, 3.63) is 66.4 Å². The molecule has 1 aromatic carbocycles. The van der Waals surface area contributed by atoms with E-state index < -0.39 is 22.5 Å². The van der Waals surface area contributed by atoms with Gasteiger partial charge >= 0.3 is 0 Å². The fraction of sp³-hybridized carbons (Fsp3) is 0.500. The number of hydrogen-bond donors (Lipinski definition) is 1. The molecule has 5 nitrogen and oxygen atoms in total. The molecule has 1 aliphatic carbocycles. The van der Waals surface area contributed by atoms with Gasteiger partial charge in [-0.15, -0.1) is 0 Å². The van der Waals surface area contributed by atoms with Crippen molar-refractivity contribution in [3.63, 3.8) is 0 Å². The van der Waals surface area contributed by atoms with Crippen molar-refractivity contribution in [1.29, 1.82) is 0 Å². The molecule has 178 valence electrons. The number of likely N-dealkylation sites (tertiary alicyclic amines) is 1. The van der Waals surface area contributed by atoms with Crippen molar-refractivity contribution in [1.82, 2.24) is 4.90 Å². The molecular weight excluding hydrogens is 424 g/mol. The van der Waals surface area contributed by atoms with Gasteiger partial charge in [0.05, 0.1) is 29.3 Å². The van der Waals surface area contributed by atoms with E-state index in [0.29, 0.717) is 25.0 Å². The molecule has 1 amide bonds. The van der Waals surface area contributed by atoms with E-state index in [9.17, 15) is 18.7 Å². The van der Waals surface area contributed by atoms with Crippen LogP contribution in [0.2, 0.25) is 0 Å². The van der Waals surface area contributed by atoms with E-state index in [4.69, 9.17) is 0 Å². The Morgan fingerprint density at radius 1 is 1.27 bits per heavy atom. The third-order valence-corrected chi connectivity index (χ3v) is 7.78. The van der Waals surface area contributed by atoms with Gasteiger partial charge in [-0.1, -0.05) is 40.0 Å². The second-order valence-electron chi connectivity index (χ2n) is 9.72. The lowest BCUT2D eigenvalue weighted by atomic mass is 9.63. The summed E-state index contributed by atoms with van der Waals surface area (Å²) in [5.74, 6) is -1.54. The molecule has 1 heterocycles. The maximum absolute atomic E-state index is 14.5. The lowest BCUT2D eigenvalue weighted by Crippen LogP contribution is -2.51. The number of hydrogen-bond acceptors (Lipinski definition) is 4. The minimum atomic E-state index is -0.744. The summed E-state index contributed by atoms with van der Waals surface area (Å²) >= 11 is 0. The Kier molecular flexibility index (Phi) is 7.32. The van der Waals surface area contributed by atoms with Crippen LogP contribution in [0.3, 0.4) is 0 Å². The SMILES string of the molecule is C=CN=N/C(=C\C(=C)C1CC[C@](C)(C(=O)N2CCC[C@H]2CO)C1(C)C)c1c(F)cccc1F. The van der Waals surface area contributed by atoms with E-state index in [1.807, 2.05) is 25.7 Å². The normalized spacial score (nSPS) is 27.3. The molecule has 0 spiro atoms. The van der Waals surface area contributed by atoms with E-state index in [-0.39, 0.29) is 35.7 Å². The maximum Gasteiger partial charge on any atom is 0.229 e. The predicted molar refractivity (Wildman–Crippen MR) is 125 cm³/mol. The smallest absolute Gasteiger partial charge is 0.229 e. The molecule has 1 unspecified atom stereocenters. The Hall–Kier alpha value is -2.67. The van der Waals surface area contributed by atoms with Crippen molar-refractivity contribution in [2.45, 2.75) is 52.5 Å². The second-order valence-corrected chi connectivity index (χ2v) is 9.72. The van der Waals surface area contributed by atoms with Crippen LogP contribution < -0.4 is 0 Å². The highest BCUT2D eigenvalue weighted by Gasteiger charge is 2.58. The molecule has 3 atom stereocenters. The summed E-state index contributed by atoms with van der Waals surface area (Å²) in [5, 5.41) is 17.4. The monoisotopic (exact) mass is 457 g/mol. The van der Waals surface area contributed by atoms with Crippen LogP contribution in [0.5, 0.6) is 0 Å².